The molecule has 0 radical (unpaired) electrons. The van der Waals surface area contributed by atoms with Crippen LogP contribution in [0.4, 0.5) is 0 Å². The molecule has 0 aromatic heterocycles. The summed E-state index contributed by atoms with van der Waals surface area (Å²) in [6, 6.07) is 0. The van der Waals surface area contributed by atoms with Gasteiger partial charge in [-0.05, 0) is 0 Å². The molecule has 13 heavy (non-hydrogen) atoms. The molecule has 0 saturated carbocycles. The summed E-state index contributed by atoms with van der Waals surface area (Å²) in [4.78, 5) is 0. The van der Waals surface area contributed by atoms with Crippen LogP contribution in [0.1, 0.15) is 0 Å². The molecule has 0 aromatic rings. The zero-order valence-electron chi connectivity index (χ0n) is 7.20. The lowest BCUT2D eigenvalue weighted by Gasteiger charge is -2.39. The number of methoxy groups -OCH3 is 1. The molecule has 0 aliphatic carbocycles. The van der Waals surface area contributed by atoms with Crippen molar-refractivity contribution >= 4 is 0 Å². The fourth-order valence-corrected chi connectivity index (χ4v) is 1.36. The van der Waals surface area contributed by atoms with Crippen molar-refractivity contribution in [2.75, 3.05) is 13.7 Å². The maximum atomic E-state index is 9.38. The average molecular weight is 194 g/mol. The molecule has 6 heteroatoms. The van der Waals surface area contributed by atoms with E-state index in [1.165, 1.54) is 7.11 Å². The number of aliphatic hydroxyl groups is 4. The largest absolute Gasteiger partial charge is 0.394 e. The van der Waals surface area contributed by atoms with Crippen LogP contribution in [0.15, 0.2) is 0 Å². The fourth-order valence-electron chi connectivity index (χ4n) is 1.36. The van der Waals surface area contributed by atoms with E-state index in [2.05, 4.69) is 0 Å². The lowest BCUT2D eigenvalue weighted by molar-refractivity contribution is -0.290. The van der Waals surface area contributed by atoms with Gasteiger partial charge in [-0.3, -0.25) is 0 Å². The molecule has 0 spiro atoms. The van der Waals surface area contributed by atoms with Crippen LogP contribution in [-0.4, -0.2) is 64.8 Å². The second-order valence-corrected chi connectivity index (χ2v) is 2.93. The van der Waals surface area contributed by atoms with Crippen LogP contribution < -0.4 is 0 Å². The van der Waals surface area contributed by atoms with Crippen molar-refractivity contribution in [3.8, 4) is 0 Å². The first-order chi connectivity index (χ1) is 6.11. The Morgan fingerprint density at radius 2 is 1.85 bits per heavy atom. The Morgan fingerprint density at radius 1 is 1.23 bits per heavy atom. The molecule has 1 saturated heterocycles. The zero-order chi connectivity index (χ0) is 10.0. The van der Waals surface area contributed by atoms with E-state index in [9.17, 15) is 10.2 Å². The SMILES string of the molecule is CO[C@H]1C(CO)OC(O)[C@H](O)[C@H]1O. The molecular weight excluding hydrogens is 180 g/mol. The first kappa shape index (κ1) is 10.8. The highest BCUT2D eigenvalue weighted by Crippen LogP contribution is 2.21. The molecule has 2 unspecified atom stereocenters. The van der Waals surface area contributed by atoms with Gasteiger partial charge >= 0.3 is 0 Å². The van der Waals surface area contributed by atoms with Gasteiger partial charge < -0.3 is 29.9 Å². The first-order valence-corrected chi connectivity index (χ1v) is 3.95. The summed E-state index contributed by atoms with van der Waals surface area (Å²) in [5, 5.41) is 36.4. The van der Waals surface area contributed by atoms with E-state index in [-0.39, 0.29) is 6.61 Å². The minimum Gasteiger partial charge on any atom is -0.394 e. The highest BCUT2D eigenvalue weighted by Gasteiger charge is 2.43. The molecule has 1 fully saturated rings. The lowest BCUT2D eigenvalue weighted by Crippen LogP contribution is -2.59. The van der Waals surface area contributed by atoms with Crippen molar-refractivity contribution in [1.29, 1.82) is 0 Å². The second kappa shape index (κ2) is 4.32. The van der Waals surface area contributed by atoms with Crippen LogP contribution in [0.3, 0.4) is 0 Å². The molecule has 4 N–H and O–H groups in total. The van der Waals surface area contributed by atoms with E-state index < -0.39 is 30.7 Å². The van der Waals surface area contributed by atoms with Gasteiger partial charge in [0.2, 0.25) is 0 Å². The summed E-state index contributed by atoms with van der Waals surface area (Å²) in [6.45, 7) is -0.390. The van der Waals surface area contributed by atoms with Gasteiger partial charge in [0, 0.05) is 7.11 Å². The Morgan fingerprint density at radius 3 is 2.31 bits per heavy atom. The monoisotopic (exact) mass is 194 g/mol. The molecule has 1 heterocycles. The van der Waals surface area contributed by atoms with Gasteiger partial charge in [-0.15, -0.1) is 0 Å². The molecule has 5 atom stereocenters. The van der Waals surface area contributed by atoms with E-state index in [1.807, 2.05) is 0 Å². The summed E-state index contributed by atoms with van der Waals surface area (Å²) in [6.07, 6.45) is -5.81. The number of hydrogen-bond donors (Lipinski definition) is 4. The van der Waals surface area contributed by atoms with Gasteiger partial charge in [0.1, 0.15) is 24.4 Å². The molecule has 1 rings (SSSR count). The Labute approximate surface area is 75.3 Å². The van der Waals surface area contributed by atoms with Crippen LogP contribution in [0.5, 0.6) is 0 Å². The minimum atomic E-state index is -1.49. The van der Waals surface area contributed by atoms with Crippen molar-refractivity contribution in [3.05, 3.63) is 0 Å². The Hall–Kier alpha value is -0.240. The van der Waals surface area contributed by atoms with Crippen LogP contribution in [0.25, 0.3) is 0 Å². The summed E-state index contributed by atoms with van der Waals surface area (Å²) < 4.78 is 9.61. The van der Waals surface area contributed by atoms with Crippen LogP contribution in [0, 0.1) is 0 Å². The Bertz CT molecular complexity index is 161. The first-order valence-electron chi connectivity index (χ1n) is 3.95. The highest BCUT2D eigenvalue weighted by atomic mass is 16.6. The standard InChI is InChI=1S/C7H14O6/c1-12-6-3(2-8)13-7(11)5(10)4(6)9/h3-11H,2H2,1H3/t3?,4-,5-,6+,7?/m1/s1. The quantitative estimate of drug-likeness (QED) is 0.386. The van der Waals surface area contributed by atoms with Gasteiger partial charge in [-0.2, -0.15) is 0 Å². The molecular formula is C7H14O6. The third kappa shape index (κ3) is 1.98. The molecule has 0 amide bonds. The molecule has 78 valence electrons. The summed E-state index contributed by atoms with van der Waals surface area (Å²) in [5.74, 6) is 0. The van der Waals surface area contributed by atoms with E-state index in [1.54, 1.807) is 0 Å². The van der Waals surface area contributed by atoms with Crippen molar-refractivity contribution < 1.29 is 29.9 Å². The Balaban J connectivity index is 2.69. The van der Waals surface area contributed by atoms with Gasteiger partial charge in [0.15, 0.2) is 6.29 Å². The zero-order valence-corrected chi connectivity index (χ0v) is 7.20. The van der Waals surface area contributed by atoms with E-state index >= 15 is 0 Å². The number of ether oxygens (including phenoxy) is 2. The smallest absolute Gasteiger partial charge is 0.184 e. The third-order valence-electron chi connectivity index (χ3n) is 2.11. The van der Waals surface area contributed by atoms with E-state index in [4.69, 9.17) is 19.7 Å². The lowest BCUT2D eigenvalue weighted by atomic mass is 9.99. The summed E-state index contributed by atoms with van der Waals surface area (Å²) in [7, 11) is 1.32. The maximum absolute atomic E-state index is 9.38. The van der Waals surface area contributed by atoms with E-state index in [0.717, 1.165) is 0 Å². The molecule has 1 aliphatic heterocycles. The van der Waals surface area contributed by atoms with Gasteiger partial charge in [0.05, 0.1) is 6.61 Å². The van der Waals surface area contributed by atoms with Crippen molar-refractivity contribution in [2.24, 2.45) is 0 Å². The van der Waals surface area contributed by atoms with Crippen molar-refractivity contribution in [3.63, 3.8) is 0 Å². The highest BCUT2D eigenvalue weighted by molar-refractivity contribution is 4.89. The number of aliphatic hydroxyl groups excluding tert-OH is 4. The van der Waals surface area contributed by atoms with Crippen molar-refractivity contribution in [1.82, 2.24) is 0 Å². The van der Waals surface area contributed by atoms with E-state index in [0.29, 0.717) is 0 Å². The normalized spacial score (nSPS) is 46.4. The van der Waals surface area contributed by atoms with Crippen molar-refractivity contribution in [2.45, 2.75) is 30.7 Å². The van der Waals surface area contributed by atoms with Gasteiger partial charge in [-0.25, -0.2) is 0 Å². The predicted octanol–water partition coefficient (Wildman–Crippen LogP) is -2.57. The van der Waals surface area contributed by atoms with Gasteiger partial charge in [0.25, 0.3) is 0 Å². The fraction of sp³-hybridized carbons (Fsp3) is 1.00. The van der Waals surface area contributed by atoms with Gasteiger partial charge in [-0.1, -0.05) is 0 Å². The molecule has 0 aromatic carbocycles. The van der Waals surface area contributed by atoms with Crippen LogP contribution >= 0.6 is 0 Å². The average Bonchev–Trinajstić information content (AvgIpc) is 2.13. The molecule has 0 bridgehead atoms. The maximum Gasteiger partial charge on any atom is 0.184 e. The second-order valence-electron chi connectivity index (χ2n) is 2.93. The minimum absolute atomic E-state index is 0.390. The number of rotatable bonds is 2. The predicted molar refractivity (Wildman–Crippen MR) is 40.8 cm³/mol. The molecule has 1 aliphatic rings. The summed E-state index contributed by atoms with van der Waals surface area (Å²) in [5.41, 5.74) is 0. The number of hydrogen-bond acceptors (Lipinski definition) is 6. The topological polar surface area (TPSA) is 99.4 Å². The third-order valence-corrected chi connectivity index (χ3v) is 2.11. The van der Waals surface area contributed by atoms with Crippen LogP contribution in [-0.2, 0) is 9.47 Å². The Kier molecular flexibility index (Phi) is 3.60. The summed E-state index contributed by atoms with van der Waals surface area (Å²) >= 11 is 0. The van der Waals surface area contributed by atoms with Crippen LogP contribution in [0.2, 0.25) is 0 Å². The molecule has 6 nitrogen and oxygen atoms in total.